The van der Waals surface area contributed by atoms with Crippen molar-refractivity contribution in [3.05, 3.63) is 29.8 Å². The van der Waals surface area contributed by atoms with Crippen LogP contribution in [0.3, 0.4) is 0 Å². The summed E-state index contributed by atoms with van der Waals surface area (Å²) in [4.78, 5) is 21.3. The van der Waals surface area contributed by atoms with Gasteiger partial charge in [-0.3, -0.25) is 4.79 Å². The number of hydrogen-bond donors (Lipinski definition) is 2. The molecule has 8 heteroatoms. The lowest BCUT2D eigenvalue weighted by Crippen LogP contribution is -2.52. The number of aromatic amines is 1. The van der Waals surface area contributed by atoms with E-state index in [0.29, 0.717) is 23.1 Å². The Morgan fingerprint density at radius 2 is 2.19 bits per heavy atom. The molecule has 1 amide bonds. The van der Waals surface area contributed by atoms with Gasteiger partial charge < -0.3 is 15.2 Å². The normalized spacial score (nSPS) is 18.0. The van der Waals surface area contributed by atoms with Crippen LogP contribution in [0.25, 0.3) is 11.0 Å². The summed E-state index contributed by atoms with van der Waals surface area (Å²) in [5, 5.41) is 3.22. The van der Waals surface area contributed by atoms with Crippen molar-refractivity contribution in [2.24, 2.45) is 0 Å². The van der Waals surface area contributed by atoms with Gasteiger partial charge in [-0.05, 0) is 19.1 Å². The van der Waals surface area contributed by atoms with Crippen LogP contribution in [0, 0.1) is 5.82 Å². The molecule has 21 heavy (non-hydrogen) atoms. The summed E-state index contributed by atoms with van der Waals surface area (Å²) >= 11 is 0. The van der Waals surface area contributed by atoms with Gasteiger partial charge >= 0.3 is 0 Å². The summed E-state index contributed by atoms with van der Waals surface area (Å²) < 4.78 is 13.6. The van der Waals surface area contributed by atoms with Gasteiger partial charge in [-0.15, -0.1) is 24.8 Å². The number of hydrogen-bond acceptors (Lipinski definition) is 3. The van der Waals surface area contributed by atoms with E-state index < -0.39 is 5.82 Å². The summed E-state index contributed by atoms with van der Waals surface area (Å²) in [7, 11) is 0. The zero-order valence-corrected chi connectivity index (χ0v) is 13.1. The molecule has 0 radical (unpaired) electrons. The number of imidazole rings is 1. The van der Waals surface area contributed by atoms with Crippen LogP contribution in [-0.2, 0) is 0 Å². The molecule has 0 aliphatic carbocycles. The lowest BCUT2D eigenvalue weighted by atomic mass is 10.1. The van der Waals surface area contributed by atoms with E-state index in [2.05, 4.69) is 15.3 Å². The molecule has 2 N–H and O–H groups in total. The van der Waals surface area contributed by atoms with Crippen molar-refractivity contribution < 1.29 is 9.18 Å². The van der Waals surface area contributed by atoms with Crippen molar-refractivity contribution in [2.45, 2.75) is 13.0 Å². The predicted octanol–water partition coefficient (Wildman–Crippen LogP) is 1.98. The average molecular weight is 335 g/mol. The summed E-state index contributed by atoms with van der Waals surface area (Å²) in [5.41, 5.74) is 1.40. The SMILES string of the molecule is C[C@H]1CNCCN1C(=O)c1cc(F)cc2[nH]cnc12.Cl.Cl. The molecule has 2 aromatic rings. The Kier molecular flexibility index (Phi) is 5.95. The smallest absolute Gasteiger partial charge is 0.256 e. The molecule has 0 spiro atoms. The van der Waals surface area contributed by atoms with E-state index in [0.717, 1.165) is 13.1 Å². The number of piperazine rings is 1. The number of carbonyl (C=O) groups is 1. The molecular formula is C13H17Cl2FN4O. The van der Waals surface area contributed by atoms with Crippen molar-refractivity contribution in [2.75, 3.05) is 19.6 Å². The number of nitrogens with zero attached hydrogens (tertiary/aromatic N) is 2. The third kappa shape index (κ3) is 3.28. The fourth-order valence-corrected chi connectivity index (χ4v) is 2.48. The van der Waals surface area contributed by atoms with Crippen LogP contribution in [-0.4, -0.2) is 46.5 Å². The lowest BCUT2D eigenvalue weighted by molar-refractivity contribution is 0.0657. The molecule has 1 aromatic carbocycles. The monoisotopic (exact) mass is 334 g/mol. The zero-order chi connectivity index (χ0) is 13.4. The Hall–Kier alpha value is -1.37. The quantitative estimate of drug-likeness (QED) is 0.838. The first-order valence-electron chi connectivity index (χ1n) is 6.31. The maximum atomic E-state index is 13.6. The Labute approximate surface area is 134 Å². The second-order valence-corrected chi connectivity index (χ2v) is 4.80. The fourth-order valence-electron chi connectivity index (χ4n) is 2.48. The first-order chi connectivity index (χ1) is 9.16. The summed E-state index contributed by atoms with van der Waals surface area (Å²) in [5.74, 6) is -0.589. The molecule has 0 saturated carbocycles. The molecule has 1 fully saturated rings. The Bertz CT molecular complexity index is 634. The molecule has 1 saturated heterocycles. The number of aromatic nitrogens is 2. The second-order valence-electron chi connectivity index (χ2n) is 4.80. The molecular weight excluding hydrogens is 318 g/mol. The van der Waals surface area contributed by atoms with Gasteiger partial charge in [-0.25, -0.2) is 9.37 Å². The Balaban J connectivity index is 0.00000110. The Morgan fingerprint density at radius 3 is 2.90 bits per heavy atom. The van der Waals surface area contributed by atoms with Crippen LogP contribution >= 0.6 is 24.8 Å². The van der Waals surface area contributed by atoms with Gasteiger partial charge in [0, 0.05) is 25.7 Å². The van der Waals surface area contributed by atoms with Crippen LogP contribution in [0.4, 0.5) is 4.39 Å². The van der Waals surface area contributed by atoms with E-state index >= 15 is 0 Å². The van der Waals surface area contributed by atoms with E-state index in [4.69, 9.17) is 0 Å². The maximum Gasteiger partial charge on any atom is 0.256 e. The van der Waals surface area contributed by atoms with Crippen LogP contribution in [0.15, 0.2) is 18.5 Å². The van der Waals surface area contributed by atoms with Gasteiger partial charge in [0.05, 0.1) is 17.4 Å². The highest BCUT2D eigenvalue weighted by molar-refractivity contribution is 6.05. The van der Waals surface area contributed by atoms with Crippen molar-refractivity contribution in [3.63, 3.8) is 0 Å². The lowest BCUT2D eigenvalue weighted by Gasteiger charge is -2.34. The fraction of sp³-hybridized carbons (Fsp3) is 0.385. The number of nitrogens with one attached hydrogen (secondary N) is 2. The standard InChI is InChI=1S/C13H15FN4O.2ClH/c1-8-6-15-2-3-18(8)13(19)10-4-9(14)5-11-12(10)17-7-16-11;;/h4-5,7-8,15H,2-3,6H2,1H3,(H,16,17);2*1H/t8-;;/m0../s1. The van der Waals surface area contributed by atoms with Gasteiger partial charge in [0.25, 0.3) is 5.91 Å². The van der Waals surface area contributed by atoms with E-state index in [1.807, 2.05) is 6.92 Å². The van der Waals surface area contributed by atoms with Gasteiger partial charge in [0.1, 0.15) is 11.3 Å². The highest BCUT2D eigenvalue weighted by atomic mass is 35.5. The van der Waals surface area contributed by atoms with Crippen molar-refractivity contribution in [1.29, 1.82) is 0 Å². The molecule has 1 aliphatic rings. The van der Waals surface area contributed by atoms with Gasteiger partial charge in [-0.2, -0.15) is 0 Å². The largest absolute Gasteiger partial charge is 0.344 e. The summed E-state index contributed by atoms with van der Waals surface area (Å²) in [6, 6.07) is 2.71. The molecule has 0 bridgehead atoms. The van der Waals surface area contributed by atoms with Gasteiger partial charge in [0.15, 0.2) is 0 Å². The number of carbonyl (C=O) groups excluding carboxylic acids is 1. The predicted molar refractivity (Wildman–Crippen MR) is 83.9 cm³/mol. The molecule has 5 nitrogen and oxygen atoms in total. The second kappa shape index (κ2) is 7.06. The number of halogens is 3. The third-order valence-corrected chi connectivity index (χ3v) is 3.48. The van der Waals surface area contributed by atoms with E-state index in [9.17, 15) is 9.18 Å². The van der Waals surface area contributed by atoms with E-state index in [1.54, 1.807) is 4.90 Å². The molecule has 1 aromatic heterocycles. The third-order valence-electron chi connectivity index (χ3n) is 3.48. The highest BCUT2D eigenvalue weighted by Gasteiger charge is 2.26. The van der Waals surface area contributed by atoms with Crippen molar-refractivity contribution in [1.82, 2.24) is 20.2 Å². The van der Waals surface area contributed by atoms with E-state index in [-0.39, 0.29) is 36.8 Å². The molecule has 1 atom stereocenters. The summed E-state index contributed by atoms with van der Waals surface area (Å²) in [6.45, 7) is 4.12. The molecule has 3 rings (SSSR count). The van der Waals surface area contributed by atoms with E-state index in [1.165, 1.54) is 18.5 Å². The molecule has 2 heterocycles. The first-order valence-corrected chi connectivity index (χ1v) is 6.31. The molecule has 1 aliphatic heterocycles. The average Bonchev–Trinajstić information content (AvgIpc) is 2.85. The Morgan fingerprint density at radius 1 is 1.43 bits per heavy atom. The number of amides is 1. The van der Waals surface area contributed by atoms with Crippen molar-refractivity contribution >= 4 is 41.8 Å². The van der Waals surface area contributed by atoms with Gasteiger partial charge in [-0.1, -0.05) is 0 Å². The van der Waals surface area contributed by atoms with Crippen molar-refractivity contribution in [3.8, 4) is 0 Å². The molecule has 116 valence electrons. The van der Waals surface area contributed by atoms with Crippen LogP contribution in [0.1, 0.15) is 17.3 Å². The van der Waals surface area contributed by atoms with Crippen LogP contribution in [0.2, 0.25) is 0 Å². The van der Waals surface area contributed by atoms with Crippen LogP contribution < -0.4 is 5.32 Å². The summed E-state index contributed by atoms with van der Waals surface area (Å²) in [6.07, 6.45) is 1.47. The van der Waals surface area contributed by atoms with Gasteiger partial charge in [0.2, 0.25) is 0 Å². The number of H-pyrrole nitrogens is 1. The zero-order valence-electron chi connectivity index (χ0n) is 11.4. The number of rotatable bonds is 1. The molecule has 0 unspecified atom stereocenters. The minimum absolute atomic E-state index is 0. The number of fused-ring (bicyclic) bond motifs is 1. The maximum absolute atomic E-state index is 13.6. The topological polar surface area (TPSA) is 61.0 Å². The minimum atomic E-state index is -0.428. The highest BCUT2D eigenvalue weighted by Crippen LogP contribution is 2.20. The van der Waals surface area contributed by atoms with Crippen LogP contribution in [0.5, 0.6) is 0 Å². The number of benzene rings is 1. The minimum Gasteiger partial charge on any atom is -0.344 e. The first kappa shape index (κ1) is 17.7.